The number of benzene rings is 1. The van der Waals surface area contributed by atoms with Crippen LogP contribution in [0.2, 0.25) is 0 Å². The number of hydrogen-bond acceptors (Lipinski definition) is 2. The summed E-state index contributed by atoms with van der Waals surface area (Å²) in [6, 6.07) is 2.21. The van der Waals surface area contributed by atoms with Crippen molar-refractivity contribution in [2.24, 2.45) is 0 Å². The molecule has 0 radical (unpaired) electrons. The quantitative estimate of drug-likeness (QED) is 0.906. The third-order valence-electron chi connectivity index (χ3n) is 4.24. The molecule has 3 heteroatoms. The molecule has 3 nitrogen and oxygen atoms in total. The van der Waals surface area contributed by atoms with Crippen LogP contribution in [0.4, 0.5) is 0 Å². The summed E-state index contributed by atoms with van der Waals surface area (Å²) in [6.07, 6.45) is 2.58. The monoisotopic (exact) mass is 262 g/mol. The Balaban J connectivity index is 2.30. The van der Waals surface area contributed by atoms with E-state index in [1.807, 2.05) is 6.92 Å². The highest BCUT2D eigenvalue weighted by atomic mass is 16.5. The molecule has 0 amide bonds. The van der Waals surface area contributed by atoms with Crippen LogP contribution in [-0.2, 0) is 11.2 Å². The molecule has 0 bridgehead atoms. The van der Waals surface area contributed by atoms with E-state index in [4.69, 9.17) is 9.84 Å². The second-order valence-electron chi connectivity index (χ2n) is 5.89. The van der Waals surface area contributed by atoms with E-state index in [2.05, 4.69) is 26.8 Å². The fraction of sp³-hybridized carbons (Fsp3) is 0.562. The van der Waals surface area contributed by atoms with Crippen LogP contribution in [0.15, 0.2) is 6.07 Å². The molecule has 19 heavy (non-hydrogen) atoms. The predicted octanol–water partition coefficient (Wildman–Crippen LogP) is 3.56. The molecule has 1 unspecified atom stereocenters. The van der Waals surface area contributed by atoms with Crippen molar-refractivity contribution >= 4 is 5.97 Å². The van der Waals surface area contributed by atoms with Crippen LogP contribution in [0.1, 0.15) is 48.4 Å². The predicted molar refractivity (Wildman–Crippen MR) is 74.9 cm³/mol. The van der Waals surface area contributed by atoms with Crippen LogP contribution in [0.3, 0.4) is 0 Å². The van der Waals surface area contributed by atoms with E-state index in [1.54, 1.807) is 0 Å². The second-order valence-corrected chi connectivity index (χ2v) is 5.89. The van der Waals surface area contributed by atoms with Crippen LogP contribution in [0.25, 0.3) is 0 Å². The van der Waals surface area contributed by atoms with Crippen molar-refractivity contribution in [3.63, 3.8) is 0 Å². The molecular weight excluding hydrogens is 240 g/mol. The summed E-state index contributed by atoms with van der Waals surface area (Å²) in [6.45, 7) is 8.32. The third kappa shape index (κ3) is 2.75. The van der Waals surface area contributed by atoms with Gasteiger partial charge in [0.25, 0.3) is 0 Å². The van der Waals surface area contributed by atoms with Crippen molar-refractivity contribution in [1.29, 1.82) is 0 Å². The molecule has 0 fully saturated rings. The highest BCUT2D eigenvalue weighted by molar-refractivity contribution is 5.66. The molecule has 1 aliphatic heterocycles. The van der Waals surface area contributed by atoms with Crippen molar-refractivity contribution in [2.45, 2.75) is 59.0 Å². The third-order valence-corrected chi connectivity index (χ3v) is 4.24. The van der Waals surface area contributed by atoms with Crippen molar-refractivity contribution < 1.29 is 14.6 Å². The van der Waals surface area contributed by atoms with Gasteiger partial charge in [-0.1, -0.05) is 6.07 Å². The molecular formula is C16H22O3. The molecule has 1 aromatic rings. The van der Waals surface area contributed by atoms with Gasteiger partial charge in [-0.25, -0.2) is 0 Å². The van der Waals surface area contributed by atoms with Gasteiger partial charge in [-0.15, -0.1) is 0 Å². The Morgan fingerprint density at radius 2 is 2.05 bits per heavy atom. The number of carbonyl (C=O) groups is 1. The first kappa shape index (κ1) is 13.9. The fourth-order valence-electron chi connectivity index (χ4n) is 2.79. The second kappa shape index (κ2) is 4.87. The summed E-state index contributed by atoms with van der Waals surface area (Å²) in [4.78, 5) is 10.7. The maximum absolute atomic E-state index is 10.7. The van der Waals surface area contributed by atoms with Gasteiger partial charge in [-0.05, 0) is 69.2 Å². The lowest BCUT2D eigenvalue weighted by Crippen LogP contribution is -2.37. The largest absolute Gasteiger partial charge is 0.487 e. The van der Waals surface area contributed by atoms with Gasteiger partial charge in [-0.2, -0.15) is 0 Å². The molecule has 0 saturated heterocycles. The van der Waals surface area contributed by atoms with Gasteiger partial charge in [0.1, 0.15) is 11.4 Å². The summed E-state index contributed by atoms with van der Waals surface area (Å²) >= 11 is 0. The van der Waals surface area contributed by atoms with Gasteiger partial charge in [0.15, 0.2) is 0 Å². The number of carboxylic acid groups (broad SMARTS) is 1. The van der Waals surface area contributed by atoms with Crippen molar-refractivity contribution in [3.8, 4) is 5.75 Å². The molecule has 0 saturated carbocycles. The van der Waals surface area contributed by atoms with Crippen molar-refractivity contribution in [2.75, 3.05) is 0 Å². The van der Waals surface area contributed by atoms with Crippen LogP contribution in [-0.4, -0.2) is 16.7 Å². The Labute approximate surface area is 114 Å². The number of fused-ring (bicyclic) bond motifs is 1. The Hall–Kier alpha value is -1.51. The van der Waals surface area contributed by atoms with Crippen LogP contribution in [0, 0.1) is 20.8 Å². The summed E-state index contributed by atoms with van der Waals surface area (Å²) in [7, 11) is 0. The Bertz CT molecular complexity index is 519. The minimum atomic E-state index is -0.757. The zero-order valence-electron chi connectivity index (χ0n) is 12.2. The molecule has 1 atom stereocenters. The molecule has 1 N–H and O–H groups in total. The maximum atomic E-state index is 10.7. The molecule has 0 spiro atoms. The Morgan fingerprint density at radius 1 is 1.37 bits per heavy atom. The molecule has 0 aliphatic carbocycles. The van der Waals surface area contributed by atoms with Crippen molar-refractivity contribution in [3.05, 3.63) is 28.3 Å². The van der Waals surface area contributed by atoms with Gasteiger partial charge in [0.05, 0.1) is 0 Å². The highest BCUT2D eigenvalue weighted by Crippen LogP contribution is 2.40. The minimum absolute atomic E-state index is 0.162. The van der Waals surface area contributed by atoms with Crippen LogP contribution in [0.5, 0.6) is 5.75 Å². The number of ether oxygens (including phenoxy) is 1. The zero-order chi connectivity index (χ0) is 14.2. The Morgan fingerprint density at radius 3 is 2.68 bits per heavy atom. The number of aliphatic carboxylic acids is 1. The van der Waals surface area contributed by atoms with Gasteiger partial charge in [0.2, 0.25) is 0 Å². The van der Waals surface area contributed by atoms with E-state index in [0.717, 1.165) is 18.6 Å². The normalized spacial score (nSPS) is 21.7. The molecule has 1 aromatic carbocycles. The zero-order valence-corrected chi connectivity index (χ0v) is 12.2. The molecule has 2 rings (SSSR count). The average molecular weight is 262 g/mol. The molecule has 104 valence electrons. The van der Waals surface area contributed by atoms with E-state index in [0.29, 0.717) is 6.42 Å². The van der Waals surface area contributed by atoms with E-state index >= 15 is 0 Å². The summed E-state index contributed by atoms with van der Waals surface area (Å²) in [5.41, 5.74) is 4.63. The molecule has 1 heterocycles. The molecule has 0 aromatic heterocycles. The first-order valence-corrected chi connectivity index (χ1v) is 6.83. The number of hydrogen-bond donors (Lipinski definition) is 1. The minimum Gasteiger partial charge on any atom is -0.487 e. The van der Waals surface area contributed by atoms with Gasteiger partial charge in [0, 0.05) is 6.42 Å². The number of rotatable bonds is 3. The van der Waals surface area contributed by atoms with Crippen molar-refractivity contribution in [1.82, 2.24) is 0 Å². The summed E-state index contributed by atoms with van der Waals surface area (Å²) in [5, 5.41) is 8.84. The Kier molecular flexibility index (Phi) is 3.57. The van der Waals surface area contributed by atoms with E-state index < -0.39 is 5.97 Å². The fourth-order valence-corrected chi connectivity index (χ4v) is 2.79. The highest BCUT2D eigenvalue weighted by Gasteiger charge is 2.33. The lowest BCUT2D eigenvalue weighted by Gasteiger charge is -2.37. The first-order valence-electron chi connectivity index (χ1n) is 6.83. The summed E-state index contributed by atoms with van der Waals surface area (Å²) < 4.78 is 6.20. The average Bonchev–Trinajstić information content (AvgIpc) is 2.34. The van der Waals surface area contributed by atoms with E-state index in [-0.39, 0.29) is 12.0 Å². The van der Waals surface area contributed by atoms with Crippen LogP contribution >= 0.6 is 0 Å². The first-order chi connectivity index (χ1) is 8.82. The number of aryl methyl sites for hydroxylation is 2. The topological polar surface area (TPSA) is 46.5 Å². The van der Waals surface area contributed by atoms with Gasteiger partial charge >= 0.3 is 5.97 Å². The maximum Gasteiger partial charge on any atom is 0.303 e. The van der Waals surface area contributed by atoms with Gasteiger partial charge in [-0.3, -0.25) is 4.79 Å². The van der Waals surface area contributed by atoms with E-state index in [1.165, 1.54) is 22.3 Å². The van der Waals surface area contributed by atoms with Gasteiger partial charge < -0.3 is 9.84 Å². The van der Waals surface area contributed by atoms with E-state index in [9.17, 15) is 4.79 Å². The standard InChI is InChI=1S/C16H22O3/c1-10-9-11(2)13-5-7-16(4,8-6-14(17)18)19-15(13)12(10)3/h9H,5-8H2,1-4H3,(H,17,18). The lowest BCUT2D eigenvalue weighted by atomic mass is 9.85. The smallest absolute Gasteiger partial charge is 0.303 e. The van der Waals surface area contributed by atoms with Crippen LogP contribution < -0.4 is 4.74 Å². The summed E-state index contributed by atoms with van der Waals surface area (Å²) in [5.74, 6) is 0.226. The number of carboxylic acids is 1. The lowest BCUT2D eigenvalue weighted by molar-refractivity contribution is -0.138. The SMILES string of the molecule is Cc1cc(C)c2c(c1C)OC(C)(CCC(=O)O)CC2. The molecule has 1 aliphatic rings.